The second kappa shape index (κ2) is 2.60. The minimum atomic E-state index is -0.554. The van der Waals surface area contributed by atoms with Gasteiger partial charge in [0.05, 0.1) is 6.20 Å². The normalized spacial score (nSPS) is 9.90. The first kappa shape index (κ1) is 7.57. The van der Waals surface area contributed by atoms with Crippen molar-refractivity contribution in [1.82, 2.24) is 9.55 Å². The number of carbonyl (C=O) groups is 1. The summed E-state index contributed by atoms with van der Waals surface area (Å²) in [6.07, 6.45) is 1.33. The van der Waals surface area contributed by atoms with Crippen molar-refractivity contribution in [3.63, 3.8) is 0 Å². The summed E-state index contributed by atoms with van der Waals surface area (Å²) in [7, 11) is 1.62. The molecule has 0 fully saturated rings. The summed E-state index contributed by atoms with van der Waals surface area (Å²) in [6, 6.07) is 0. The van der Waals surface area contributed by atoms with Gasteiger partial charge in [0, 0.05) is 7.05 Å². The van der Waals surface area contributed by atoms with Crippen molar-refractivity contribution in [3.05, 3.63) is 17.2 Å². The van der Waals surface area contributed by atoms with Crippen molar-refractivity contribution in [2.45, 2.75) is 0 Å². The van der Waals surface area contributed by atoms with Crippen LogP contribution >= 0.6 is 23.2 Å². The molecule has 0 spiro atoms. The smallest absolute Gasteiger partial charge is 0.270 e. The first-order valence-corrected chi connectivity index (χ1v) is 3.25. The lowest BCUT2D eigenvalue weighted by Gasteiger charge is -1.93. The molecule has 10 heavy (non-hydrogen) atoms. The van der Waals surface area contributed by atoms with E-state index in [2.05, 4.69) is 4.98 Å². The molecule has 0 amide bonds. The van der Waals surface area contributed by atoms with E-state index in [1.807, 2.05) is 0 Å². The molecule has 0 aliphatic carbocycles. The van der Waals surface area contributed by atoms with Crippen LogP contribution in [0.4, 0.5) is 0 Å². The average Bonchev–Trinajstić information content (AvgIpc) is 2.14. The summed E-state index contributed by atoms with van der Waals surface area (Å²) >= 11 is 10.7. The number of carbonyl (C=O) groups excluding carboxylic acids is 1. The molecule has 1 rings (SSSR count). The maximum absolute atomic E-state index is 10.5. The minimum absolute atomic E-state index is 0.254. The lowest BCUT2D eigenvalue weighted by molar-refractivity contribution is 0.107. The van der Waals surface area contributed by atoms with E-state index >= 15 is 0 Å². The number of hydrogen-bond donors (Lipinski definition) is 0. The van der Waals surface area contributed by atoms with E-state index < -0.39 is 5.24 Å². The maximum atomic E-state index is 10.5. The molecule has 0 aliphatic rings. The van der Waals surface area contributed by atoms with Crippen molar-refractivity contribution < 1.29 is 4.79 Å². The Morgan fingerprint density at radius 2 is 2.40 bits per heavy atom. The molecule has 0 aliphatic heterocycles. The second-order valence-electron chi connectivity index (χ2n) is 1.75. The number of hydrogen-bond acceptors (Lipinski definition) is 2. The Morgan fingerprint density at radius 3 is 2.60 bits per heavy atom. The van der Waals surface area contributed by atoms with Gasteiger partial charge in [0.25, 0.3) is 5.24 Å². The third-order valence-electron chi connectivity index (χ3n) is 1.13. The molecule has 54 valence electrons. The van der Waals surface area contributed by atoms with Crippen LogP contribution in [0.3, 0.4) is 0 Å². The van der Waals surface area contributed by atoms with Gasteiger partial charge < -0.3 is 4.57 Å². The van der Waals surface area contributed by atoms with Gasteiger partial charge in [-0.05, 0) is 23.2 Å². The van der Waals surface area contributed by atoms with Crippen LogP contribution in [0.5, 0.6) is 0 Å². The molecule has 1 aromatic heterocycles. The van der Waals surface area contributed by atoms with Crippen LogP contribution in [0.15, 0.2) is 6.20 Å². The van der Waals surface area contributed by atoms with Gasteiger partial charge in [0.2, 0.25) is 5.28 Å². The van der Waals surface area contributed by atoms with Crippen LogP contribution in [0.2, 0.25) is 5.28 Å². The SMILES string of the molecule is Cn1c(C(=O)Cl)cnc1Cl. The highest BCUT2D eigenvalue weighted by Gasteiger charge is 2.08. The van der Waals surface area contributed by atoms with Crippen molar-refractivity contribution in [2.75, 3.05) is 0 Å². The van der Waals surface area contributed by atoms with E-state index in [1.54, 1.807) is 7.05 Å². The summed E-state index contributed by atoms with van der Waals surface area (Å²) in [5, 5.41) is -0.300. The van der Waals surface area contributed by atoms with Crippen molar-refractivity contribution in [1.29, 1.82) is 0 Å². The quantitative estimate of drug-likeness (QED) is 0.611. The molecule has 0 bridgehead atoms. The van der Waals surface area contributed by atoms with E-state index in [1.165, 1.54) is 10.8 Å². The number of imidazole rings is 1. The predicted molar refractivity (Wildman–Crippen MR) is 38.4 cm³/mol. The highest BCUT2D eigenvalue weighted by atomic mass is 35.5. The van der Waals surface area contributed by atoms with Gasteiger partial charge in [0.15, 0.2) is 0 Å². The predicted octanol–water partition coefficient (Wildman–Crippen LogP) is 1.45. The number of aromatic nitrogens is 2. The second-order valence-corrected chi connectivity index (χ2v) is 2.43. The van der Waals surface area contributed by atoms with Crippen LogP contribution < -0.4 is 0 Å². The first-order chi connectivity index (χ1) is 4.63. The standard InChI is InChI=1S/C5H4Cl2N2O/c1-9-3(4(6)10)2-8-5(9)7/h2H,1H3. The molecule has 1 aromatic rings. The van der Waals surface area contributed by atoms with Gasteiger partial charge in [-0.25, -0.2) is 4.98 Å². The Morgan fingerprint density at radius 1 is 1.80 bits per heavy atom. The topological polar surface area (TPSA) is 34.9 Å². The molecular formula is C5H4Cl2N2O. The zero-order valence-electron chi connectivity index (χ0n) is 5.14. The zero-order chi connectivity index (χ0) is 7.72. The molecule has 0 aromatic carbocycles. The first-order valence-electron chi connectivity index (χ1n) is 2.50. The van der Waals surface area contributed by atoms with E-state index in [9.17, 15) is 4.79 Å². The van der Waals surface area contributed by atoms with Gasteiger partial charge in [-0.2, -0.15) is 0 Å². The lowest BCUT2D eigenvalue weighted by atomic mass is 10.5. The summed E-state index contributed by atoms with van der Waals surface area (Å²) in [6.45, 7) is 0. The van der Waals surface area contributed by atoms with Crippen LogP contribution in [-0.2, 0) is 7.05 Å². The fourth-order valence-electron chi connectivity index (χ4n) is 0.570. The molecule has 0 saturated carbocycles. The van der Waals surface area contributed by atoms with Crippen molar-refractivity contribution in [3.8, 4) is 0 Å². The van der Waals surface area contributed by atoms with E-state index in [-0.39, 0.29) is 5.28 Å². The average molecular weight is 179 g/mol. The van der Waals surface area contributed by atoms with Crippen molar-refractivity contribution in [2.24, 2.45) is 7.05 Å². The van der Waals surface area contributed by atoms with Gasteiger partial charge in [-0.15, -0.1) is 0 Å². The Hall–Kier alpha value is -0.540. The van der Waals surface area contributed by atoms with Crippen LogP contribution in [-0.4, -0.2) is 14.8 Å². The molecule has 0 unspecified atom stereocenters. The molecular weight excluding hydrogens is 175 g/mol. The third-order valence-corrected chi connectivity index (χ3v) is 1.68. The molecule has 0 saturated heterocycles. The van der Waals surface area contributed by atoms with E-state index in [0.717, 1.165) is 0 Å². The molecule has 3 nitrogen and oxygen atoms in total. The largest absolute Gasteiger partial charge is 0.314 e. The fraction of sp³-hybridized carbons (Fsp3) is 0.200. The number of nitrogens with zero attached hydrogens (tertiary/aromatic N) is 2. The summed E-state index contributed by atoms with van der Waals surface area (Å²) in [4.78, 5) is 14.2. The van der Waals surface area contributed by atoms with Crippen molar-refractivity contribution >= 4 is 28.4 Å². The Labute approximate surface area is 67.6 Å². The van der Waals surface area contributed by atoms with Gasteiger partial charge in [-0.1, -0.05) is 0 Å². The summed E-state index contributed by atoms with van der Waals surface area (Å²) in [5.41, 5.74) is 0.298. The van der Waals surface area contributed by atoms with Crippen LogP contribution in [0.25, 0.3) is 0 Å². The molecule has 1 heterocycles. The van der Waals surface area contributed by atoms with Crippen LogP contribution in [0.1, 0.15) is 10.5 Å². The minimum Gasteiger partial charge on any atom is -0.314 e. The zero-order valence-corrected chi connectivity index (χ0v) is 6.65. The lowest BCUT2D eigenvalue weighted by Crippen LogP contribution is -1.98. The molecule has 0 N–H and O–H groups in total. The molecule has 0 radical (unpaired) electrons. The van der Waals surface area contributed by atoms with E-state index in [0.29, 0.717) is 5.69 Å². The van der Waals surface area contributed by atoms with E-state index in [4.69, 9.17) is 23.2 Å². The Balaban J connectivity index is 3.17. The van der Waals surface area contributed by atoms with Gasteiger partial charge in [-0.3, -0.25) is 4.79 Å². The Kier molecular flexibility index (Phi) is 1.97. The van der Waals surface area contributed by atoms with Crippen LogP contribution in [0, 0.1) is 0 Å². The van der Waals surface area contributed by atoms with Gasteiger partial charge >= 0.3 is 0 Å². The summed E-state index contributed by atoms with van der Waals surface area (Å²) < 4.78 is 1.41. The fourth-order valence-corrected chi connectivity index (χ4v) is 0.885. The summed E-state index contributed by atoms with van der Waals surface area (Å²) in [5.74, 6) is 0. The van der Waals surface area contributed by atoms with Gasteiger partial charge in [0.1, 0.15) is 5.69 Å². The highest BCUT2D eigenvalue weighted by Crippen LogP contribution is 2.09. The highest BCUT2D eigenvalue weighted by molar-refractivity contribution is 6.67. The molecule has 0 atom stereocenters. The molecule has 5 heteroatoms. The number of rotatable bonds is 1. The Bertz CT molecular complexity index is 269. The third kappa shape index (κ3) is 1.15. The number of halogens is 2. The monoisotopic (exact) mass is 178 g/mol. The maximum Gasteiger partial charge on any atom is 0.270 e.